The monoisotopic (exact) mass is 433 g/mol. The molecule has 0 atom stereocenters. The predicted molar refractivity (Wildman–Crippen MR) is 114 cm³/mol. The van der Waals surface area contributed by atoms with E-state index in [4.69, 9.17) is 4.74 Å². The van der Waals surface area contributed by atoms with Crippen molar-refractivity contribution >= 4 is 29.3 Å². The number of non-ortho nitro benzene ring substituents is 1. The average molecular weight is 433 g/mol. The van der Waals surface area contributed by atoms with E-state index in [1.165, 1.54) is 36.4 Å². The van der Waals surface area contributed by atoms with E-state index in [0.29, 0.717) is 11.3 Å². The molecule has 1 aliphatic heterocycles. The van der Waals surface area contributed by atoms with E-state index in [0.717, 1.165) is 5.01 Å². The third-order valence-corrected chi connectivity index (χ3v) is 4.72. The molecule has 1 saturated heterocycles. The van der Waals surface area contributed by atoms with Crippen molar-refractivity contribution in [3.63, 3.8) is 0 Å². The smallest absolute Gasteiger partial charge is 0.282 e. The number of carbonyl (C=O) groups is 2. The van der Waals surface area contributed by atoms with E-state index in [2.05, 4.69) is 5.43 Å². The van der Waals surface area contributed by atoms with Gasteiger partial charge in [-0.15, -0.1) is 0 Å². The van der Waals surface area contributed by atoms with Gasteiger partial charge in [0.2, 0.25) is 0 Å². The van der Waals surface area contributed by atoms with Crippen molar-refractivity contribution in [3.8, 4) is 5.75 Å². The van der Waals surface area contributed by atoms with Gasteiger partial charge in [-0.1, -0.05) is 30.3 Å². The normalized spacial score (nSPS) is 14.5. The number of hydrogen-bond acceptors (Lipinski definition) is 5. The number of ether oxygens (including phenoxy) is 1. The first-order chi connectivity index (χ1) is 15.4. The Balaban J connectivity index is 1.66. The summed E-state index contributed by atoms with van der Waals surface area (Å²) >= 11 is 0. The minimum Gasteiger partial charge on any atom is -0.488 e. The molecule has 0 aliphatic carbocycles. The van der Waals surface area contributed by atoms with E-state index >= 15 is 0 Å². The quantitative estimate of drug-likeness (QED) is 0.276. The number of carbonyl (C=O) groups excluding carboxylic acids is 2. The second kappa shape index (κ2) is 8.68. The Morgan fingerprint density at radius 2 is 1.75 bits per heavy atom. The van der Waals surface area contributed by atoms with Crippen LogP contribution in [-0.4, -0.2) is 16.7 Å². The fraction of sp³-hybridized carbons (Fsp3) is 0.0435. The fourth-order valence-corrected chi connectivity index (χ4v) is 3.11. The molecule has 0 spiro atoms. The molecule has 2 amide bonds. The maximum atomic E-state index is 13.1. The van der Waals surface area contributed by atoms with E-state index in [1.54, 1.807) is 42.5 Å². The highest BCUT2D eigenvalue weighted by Gasteiger charge is 2.34. The van der Waals surface area contributed by atoms with Crippen molar-refractivity contribution in [2.24, 2.45) is 0 Å². The van der Waals surface area contributed by atoms with Crippen LogP contribution in [0.4, 0.5) is 15.8 Å². The zero-order valence-electron chi connectivity index (χ0n) is 16.5. The molecule has 1 heterocycles. The molecule has 1 N–H and O–H groups in total. The van der Waals surface area contributed by atoms with Crippen LogP contribution in [-0.2, 0) is 16.2 Å². The molecule has 3 aromatic rings. The van der Waals surface area contributed by atoms with Crippen LogP contribution < -0.4 is 15.2 Å². The van der Waals surface area contributed by atoms with Gasteiger partial charge in [-0.3, -0.25) is 25.1 Å². The number of nitrogens with one attached hydrogen (secondary N) is 1. The van der Waals surface area contributed by atoms with E-state index in [9.17, 15) is 24.1 Å². The maximum Gasteiger partial charge on any atom is 0.282 e. The SMILES string of the molecule is O=C1NN(c2ccccc2)C(=O)C1=Cc1cc([N+](=O)[O-])ccc1OCc1ccc(F)cc1. The van der Waals surface area contributed by atoms with Gasteiger partial charge < -0.3 is 4.74 Å². The molecular formula is C23H16FN3O5. The Morgan fingerprint density at radius 3 is 2.44 bits per heavy atom. The largest absolute Gasteiger partial charge is 0.488 e. The number of para-hydroxylation sites is 1. The van der Waals surface area contributed by atoms with E-state index in [-0.39, 0.29) is 35.0 Å². The molecule has 32 heavy (non-hydrogen) atoms. The number of nitro groups is 1. The summed E-state index contributed by atoms with van der Waals surface area (Å²) in [4.78, 5) is 35.9. The molecule has 1 aliphatic rings. The highest BCUT2D eigenvalue weighted by atomic mass is 19.1. The van der Waals surface area contributed by atoms with Crippen molar-refractivity contribution in [2.75, 3.05) is 5.01 Å². The van der Waals surface area contributed by atoms with Gasteiger partial charge in [0, 0.05) is 17.7 Å². The van der Waals surface area contributed by atoms with E-state index < -0.39 is 16.7 Å². The molecule has 3 aromatic carbocycles. The fourth-order valence-electron chi connectivity index (χ4n) is 3.11. The second-order valence-corrected chi connectivity index (χ2v) is 6.87. The van der Waals surface area contributed by atoms with Crippen molar-refractivity contribution in [1.29, 1.82) is 0 Å². The summed E-state index contributed by atoms with van der Waals surface area (Å²) in [6, 6.07) is 18.1. The van der Waals surface area contributed by atoms with E-state index in [1.807, 2.05) is 0 Å². The number of hydrogen-bond donors (Lipinski definition) is 1. The molecule has 0 unspecified atom stereocenters. The van der Waals surface area contributed by atoms with Crippen molar-refractivity contribution in [3.05, 3.63) is 105 Å². The molecule has 1 fully saturated rings. The summed E-state index contributed by atoms with van der Waals surface area (Å²) in [6.45, 7) is 0.0601. The molecule has 9 heteroatoms. The number of hydrazine groups is 1. The minimum absolute atomic E-state index is 0.0601. The number of rotatable bonds is 6. The highest BCUT2D eigenvalue weighted by Crippen LogP contribution is 2.29. The van der Waals surface area contributed by atoms with Gasteiger partial charge >= 0.3 is 0 Å². The first kappa shape index (κ1) is 20.7. The van der Waals surface area contributed by atoms with Crippen LogP contribution in [0.5, 0.6) is 5.75 Å². The zero-order valence-corrected chi connectivity index (χ0v) is 16.5. The van der Waals surface area contributed by atoms with Crippen LogP contribution in [0.15, 0.2) is 78.4 Å². The summed E-state index contributed by atoms with van der Waals surface area (Å²) < 4.78 is 18.8. The van der Waals surface area contributed by atoms with Gasteiger partial charge in [0.05, 0.1) is 10.6 Å². The third-order valence-electron chi connectivity index (χ3n) is 4.72. The maximum absolute atomic E-state index is 13.1. The summed E-state index contributed by atoms with van der Waals surface area (Å²) in [5.41, 5.74) is 3.39. The topological polar surface area (TPSA) is 102 Å². The molecule has 0 bridgehead atoms. The van der Waals surface area contributed by atoms with Crippen molar-refractivity contribution < 1.29 is 23.6 Å². The summed E-state index contributed by atoms with van der Waals surface area (Å²) in [6.07, 6.45) is 1.26. The third kappa shape index (κ3) is 4.31. The molecule has 4 rings (SSSR count). The Kier molecular flexibility index (Phi) is 5.63. The molecule has 8 nitrogen and oxygen atoms in total. The standard InChI is InChI=1S/C23H16FN3O5/c24-17-8-6-15(7-9-17)14-32-21-11-10-19(27(30)31)12-16(21)13-20-22(28)25-26(23(20)29)18-4-2-1-3-5-18/h1-13H,14H2,(H,25,28). The molecule has 0 saturated carbocycles. The van der Waals surface area contributed by atoms with Gasteiger partial charge in [-0.25, -0.2) is 9.40 Å². The number of anilines is 1. The van der Waals surface area contributed by atoms with Gasteiger partial charge in [0.1, 0.15) is 23.7 Å². The van der Waals surface area contributed by atoms with Crippen LogP contribution in [0.1, 0.15) is 11.1 Å². The minimum atomic E-state index is -0.644. The lowest BCUT2D eigenvalue weighted by Gasteiger charge is -2.14. The highest BCUT2D eigenvalue weighted by molar-refractivity contribution is 6.31. The number of nitro benzene ring substituents is 1. The van der Waals surface area contributed by atoms with Crippen molar-refractivity contribution in [1.82, 2.24) is 5.43 Å². The molecule has 0 aromatic heterocycles. The molecule has 0 radical (unpaired) electrons. The Morgan fingerprint density at radius 1 is 1.03 bits per heavy atom. The lowest BCUT2D eigenvalue weighted by atomic mass is 10.1. The summed E-state index contributed by atoms with van der Waals surface area (Å²) in [5.74, 6) is -1.40. The number of nitrogens with zero attached hydrogens (tertiary/aromatic N) is 2. The van der Waals surface area contributed by atoms with Crippen molar-refractivity contribution in [2.45, 2.75) is 6.61 Å². The van der Waals surface area contributed by atoms with Crippen LogP contribution in [0.25, 0.3) is 6.08 Å². The van der Waals surface area contributed by atoms with Gasteiger partial charge in [-0.2, -0.15) is 0 Å². The summed E-state index contributed by atoms with van der Waals surface area (Å²) in [7, 11) is 0. The lowest BCUT2D eigenvalue weighted by molar-refractivity contribution is -0.384. The Bertz CT molecular complexity index is 1230. The second-order valence-electron chi connectivity index (χ2n) is 6.87. The predicted octanol–water partition coefficient (Wildman–Crippen LogP) is 3.77. The van der Waals surface area contributed by atoms with Gasteiger partial charge in [-0.05, 0) is 42.0 Å². The number of benzene rings is 3. The number of amides is 2. The first-order valence-corrected chi connectivity index (χ1v) is 9.50. The van der Waals surface area contributed by atoms with Crippen LogP contribution in [0, 0.1) is 15.9 Å². The van der Waals surface area contributed by atoms with Crippen LogP contribution in [0.2, 0.25) is 0 Å². The Hall–Kier alpha value is -4.53. The summed E-state index contributed by atoms with van der Waals surface area (Å²) in [5, 5.41) is 12.3. The molecule has 160 valence electrons. The molecular weight excluding hydrogens is 417 g/mol. The first-order valence-electron chi connectivity index (χ1n) is 9.50. The van der Waals surface area contributed by atoms with Gasteiger partial charge in [0.15, 0.2) is 0 Å². The lowest BCUT2D eigenvalue weighted by Crippen LogP contribution is -2.35. The van der Waals surface area contributed by atoms with Gasteiger partial charge in [0.25, 0.3) is 17.5 Å². The number of halogens is 1. The Labute approximate surface area is 181 Å². The zero-order chi connectivity index (χ0) is 22.7. The van der Waals surface area contributed by atoms with Crippen LogP contribution >= 0.6 is 0 Å². The average Bonchev–Trinajstić information content (AvgIpc) is 3.08. The van der Waals surface area contributed by atoms with Crippen LogP contribution in [0.3, 0.4) is 0 Å².